The highest BCUT2D eigenvalue weighted by molar-refractivity contribution is 6.09. The van der Waals surface area contributed by atoms with Gasteiger partial charge in [0.15, 0.2) is 11.6 Å². The van der Waals surface area contributed by atoms with E-state index in [2.05, 4.69) is 197 Å². The van der Waals surface area contributed by atoms with Crippen LogP contribution in [0.4, 0.5) is 0 Å². The SMILES string of the molecule is C1=Cc2c(c3ccccc3n2-c2cccc(-c3nc(-c4cc(-c5ccccc5)cc(-c5ccccc5)c4)nc(-n4c5ccccc5c5ccccc54)n3)c2)CC1. The zero-order chi connectivity index (χ0) is 37.0. The fourth-order valence-corrected chi connectivity index (χ4v) is 8.46. The zero-order valence-electron chi connectivity index (χ0n) is 30.5. The molecule has 264 valence electrons. The van der Waals surface area contributed by atoms with Crippen LogP contribution >= 0.6 is 0 Å². The van der Waals surface area contributed by atoms with E-state index in [0.717, 1.165) is 73.7 Å². The van der Waals surface area contributed by atoms with Crippen LogP contribution in [0.15, 0.2) is 182 Å². The molecular formula is C51H35N5. The molecule has 0 amide bonds. The van der Waals surface area contributed by atoms with Crippen LogP contribution in [0.2, 0.25) is 0 Å². The normalized spacial score (nSPS) is 12.4. The van der Waals surface area contributed by atoms with E-state index in [0.29, 0.717) is 17.6 Å². The summed E-state index contributed by atoms with van der Waals surface area (Å²) >= 11 is 0. The van der Waals surface area contributed by atoms with Crippen molar-refractivity contribution < 1.29 is 0 Å². The fourth-order valence-electron chi connectivity index (χ4n) is 8.46. The van der Waals surface area contributed by atoms with E-state index in [1.807, 2.05) is 0 Å². The zero-order valence-corrected chi connectivity index (χ0v) is 30.5. The minimum absolute atomic E-state index is 0.575. The molecule has 0 saturated carbocycles. The topological polar surface area (TPSA) is 48.5 Å². The molecule has 7 aromatic carbocycles. The second-order valence-electron chi connectivity index (χ2n) is 14.4. The molecule has 10 aromatic rings. The van der Waals surface area contributed by atoms with Crippen molar-refractivity contribution in [3.63, 3.8) is 0 Å². The van der Waals surface area contributed by atoms with Crippen molar-refractivity contribution in [1.29, 1.82) is 0 Å². The van der Waals surface area contributed by atoms with Crippen LogP contribution < -0.4 is 0 Å². The van der Waals surface area contributed by atoms with Gasteiger partial charge in [-0.1, -0.05) is 133 Å². The smallest absolute Gasteiger partial charge is 0.238 e. The lowest BCUT2D eigenvalue weighted by Gasteiger charge is -2.15. The Morgan fingerprint density at radius 1 is 0.393 bits per heavy atom. The van der Waals surface area contributed by atoms with Gasteiger partial charge in [-0.2, -0.15) is 9.97 Å². The fraction of sp³-hybridized carbons (Fsp3) is 0.0392. The van der Waals surface area contributed by atoms with Crippen molar-refractivity contribution in [2.75, 3.05) is 0 Å². The Hall–Kier alpha value is -7.37. The molecule has 0 atom stereocenters. The molecule has 0 N–H and O–H groups in total. The molecule has 0 bridgehead atoms. The van der Waals surface area contributed by atoms with Gasteiger partial charge < -0.3 is 4.57 Å². The molecule has 0 aliphatic heterocycles. The minimum atomic E-state index is 0.575. The number of aryl methyl sites for hydroxylation is 1. The third-order valence-electron chi connectivity index (χ3n) is 11.0. The summed E-state index contributed by atoms with van der Waals surface area (Å²) in [6, 6.07) is 62.1. The number of benzene rings is 7. The summed E-state index contributed by atoms with van der Waals surface area (Å²) in [6.07, 6.45) is 6.64. The van der Waals surface area contributed by atoms with Crippen LogP contribution in [0.5, 0.6) is 0 Å². The molecule has 1 aliphatic carbocycles. The molecular weight excluding hydrogens is 683 g/mol. The van der Waals surface area contributed by atoms with Crippen LogP contribution in [-0.2, 0) is 6.42 Å². The number of hydrogen-bond donors (Lipinski definition) is 0. The highest BCUT2D eigenvalue weighted by Crippen LogP contribution is 2.37. The quantitative estimate of drug-likeness (QED) is 0.172. The van der Waals surface area contributed by atoms with Gasteiger partial charge in [-0.25, -0.2) is 4.98 Å². The van der Waals surface area contributed by atoms with Crippen LogP contribution in [0.3, 0.4) is 0 Å². The first kappa shape index (κ1) is 32.1. The van der Waals surface area contributed by atoms with Gasteiger partial charge in [-0.05, 0) is 95.3 Å². The van der Waals surface area contributed by atoms with E-state index in [9.17, 15) is 0 Å². The molecule has 0 radical (unpaired) electrons. The van der Waals surface area contributed by atoms with Gasteiger partial charge in [0.1, 0.15) is 0 Å². The van der Waals surface area contributed by atoms with Gasteiger partial charge in [0, 0.05) is 38.7 Å². The number of fused-ring (bicyclic) bond motifs is 6. The Kier molecular flexibility index (Phi) is 7.56. The molecule has 56 heavy (non-hydrogen) atoms. The largest absolute Gasteiger partial charge is 0.310 e. The first-order valence-electron chi connectivity index (χ1n) is 19.2. The summed E-state index contributed by atoms with van der Waals surface area (Å²) in [5, 5.41) is 3.62. The number of rotatable bonds is 6. The highest BCUT2D eigenvalue weighted by Gasteiger charge is 2.21. The molecule has 0 spiro atoms. The lowest BCUT2D eigenvalue weighted by molar-refractivity contribution is 0.952. The van der Waals surface area contributed by atoms with Gasteiger partial charge in [0.05, 0.1) is 16.6 Å². The maximum Gasteiger partial charge on any atom is 0.238 e. The van der Waals surface area contributed by atoms with Gasteiger partial charge in [0.25, 0.3) is 0 Å². The Labute approximate surface area is 324 Å². The van der Waals surface area contributed by atoms with Crippen LogP contribution in [0.1, 0.15) is 17.7 Å². The summed E-state index contributed by atoms with van der Waals surface area (Å²) in [6.45, 7) is 0. The second-order valence-corrected chi connectivity index (χ2v) is 14.4. The number of para-hydroxylation sites is 3. The third kappa shape index (κ3) is 5.36. The summed E-state index contributed by atoms with van der Waals surface area (Å²) in [7, 11) is 0. The van der Waals surface area contributed by atoms with Crippen LogP contribution in [0, 0.1) is 0 Å². The van der Waals surface area contributed by atoms with Crippen molar-refractivity contribution >= 4 is 38.8 Å². The monoisotopic (exact) mass is 717 g/mol. The predicted molar refractivity (Wildman–Crippen MR) is 230 cm³/mol. The molecule has 1 aliphatic rings. The Morgan fingerprint density at radius 3 is 1.55 bits per heavy atom. The summed E-state index contributed by atoms with van der Waals surface area (Å²) in [5.74, 6) is 1.80. The van der Waals surface area contributed by atoms with Crippen molar-refractivity contribution in [3.8, 4) is 56.7 Å². The van der Waals surface area contributed by atoms with E-state index in [-0.39, 0.29) is 0 Å². The van der Waals surface area contributed by atoms with Gasteiger partial charge >= 0.3 is 0 Å². The summed E-state index contributed by atoms with van der Waals surface area (Å²) in [4.78, 5) is 16.0. The van der Waals surface area contributed by atoms with E-state index in [1.54, 1.807) is 0 Å². The molecule has 11 rings (SSSR count). The number of nitrogens with zero attached hydrogens (tertiary/aromatic N) is 5. The summed E-state index contributed by atoms with van der Waals surface area (Å²) < 4.78 is 4.57. The number of allylic oxidation sites excluding steroid dienone is 1. The third-order valence-corrected chi connectivity index (χ3v) is 11.0. The lowest BCUT2D eigenvalue weighted by Crippen LogP contribution is -2.07. The van der Waals surface area contributed by atoms with Crippen molar-refractivity contribution in [2.45, 2.75) is 12.8 Å². The van der Waals surface area contributed by atoms with Gasteiger partial charge in [0.2, 0.25) is 5.95 Å². The van der Waals surface area contributed by atoms with E-state index in [1.165, 1.54) is 22.2 Å². The van der Waals surface area contributed by atoms with Gasteiger partial charge in [-0.3, -0.25) is 4.57 Å². The maximum atomic E-state index is 5.34. The summed E-state index contributed by atoms with van der Waals surface area (Å²) in [5.41, 5.74) is 13.3. The van der Waals surface area contributed by atoms with Crippen LogP contribution in [-0.4, -0.2) is 24.1 Å². The average Bonchev–Trinajstić information content (AvgIpc) is 3.80. The average molecular weight is 718 g/mol. The predicted octanol–water partition coefficient (Wildman–Crippen LogP) is 12.5. The minimum Gasteiger partial charge on any atom is -0.310 e. The van der Waals surface area contributed by atoms with Crippen LogP contribution in [0.25, 0.3) is 95.5 Å². The van der Waals surface area contributed by atoms with Crippen molar-refractivity contribution in [2.24, 2.45) is 0 Å². The van der Waals surface area contributed by atoms with E-state index >= 15 is 0 Å². The van der Waals surface area contributed by atoms with Crippen molar-refractivity contribution in [3.05, 3.63) is 193 Å². The molecule has 5 heteroatoms. The Bertz CT molecular complexity index is 3020. The Balaban J connectivity index is 1.17. The first-order chi connectivity index (χ1) is 27.8. The molecule has 0 unspecified atom stereocenters. The second kappa shape index (κ2) is 13.2. The maximum absolute atomic E-state index is 5.34. The molecule has 0 fully saturated rings. The van der Waals surface area contributed by atoms with Crippen molar-refractivity contribution in [1.82, 2.24) is 24.1 Å². The lowest BCUT2D eigenvalue weighted by atomic mass is 9.96. The molecule has 3 aromatic heterocycles. The van der Waals surface area contributed by atoms with E-state index in [4.69, 9.17) is 15.0 Å². The molecule has 0 saturated heterocycles. The first-order valence-corrected chi connectivity index (χ1v) is 19.2. The highest BCUT2D eigenvalue weighted by atomic mass is 15.2. The number of aromatic nitrogens is 5. The molecule has 3 heterocycles. The molecule has 5 nitrogen and oxygen atoms in total. The number of hydrogen-bond acceptors (Lipinski definition) is 3. The van der Waals surface area contributed by atoms with E-state index < -0.39 is 0 Å². The Morgan fingerprint density at radius 2 is 0.911 bits per heavy atom. The standard InChI is InChI=1S/C51H35N5/c1-3-16-34(17-4-1)37-30-38(35-18-5-2-6-19-35)32-39(31-37)50-52-49(53-51(54-50)56-47-28-13-9-24-43(47)44-25-10-14-29-48(44)56)36-20-15-21-40(33-36)55-45-26-11-7-22-41(45)42-23-8-12-27-46(42)55/h1-7,9-22,24-33H,8,23H2. The van der Waals surface area contributed by atoms with Gasteiger partial charge in [-0.15, -0.1) is 0 Å².